The van der Waals surface area contributed by atoms with Gasteiger partial charge in [-0.2, -0.15) is 0 Å². The molecule has 8 nitrogen and oxygen atoms in total. The van der Waals surface area contributed by atoms with Gasteiger partial charge in [0.2, 0.25) is 0 Å². The molecular weight excluding hydrogens is 450 g/mol. The number of piperidine rings is 2. The molecule has 0 amide bonds. The smallest absolute Gasteiger partial charge is 0.127 e. The number of aliphatic hydroxyl groups excluding tert-OH is 3. The largest absolute Gasteiger partial charge is 0.390 e. The fourth-order valence-corrected chi connectivity index (χ4v) is 10.6. The molecule has 0 aromatic carbocycles. The minimum absolute atomic E-state index is 0.115. The van der Waals surface area contributed by atoms with Gasteiger partial charge >= 0.3 is 0 Å². The van der Waals surface area contributed by atoms with E-state index in [-0.39, 0.29) is 42.1 Å². The SMILES string of the molecule is C[C@H]1CC[C@@H]2N(C1)C[C@@H]1[C@](O)([C@@H](O)C[C@@]3(O)[C@@H]4CC[C@H]5[C@H](O)[C@@H](O)CC[C@]5(C)[C@H]4C[C@@]13O)[C@]2(C)O. The van der Waals surface area contributed by atoms with Gasteiger partial charge in [-0.25, -0.2) is 0 Å². The molecule has 4 saturated carbocycles. The van der Waals surface area contributed by atoms with E-state index in [2.05, 4.69) is 18.7 Å². The van der Waals surface area contributed by atoms with Crippen molar-refractivity contribution < 1.29 is 35.7 Å². The molecule has 4 aliphatic carbocycles. The second kappa shape index (κ2) is 7.41. The number of rotatable bonds is 0. The topological polar surface area (TPSA) is 145 Å². The fraction of sp³-hybridized carbons (Fsp3) is 1.00. The minimum atomic E-state index is -1.94. The maximum atomic E-state index is 12.5. The summed E-state index contributed by atoms with van der Waals surface area (Å²) in [6.45, 7) is 6.95. The van der Waals surface area contributed by atoms with Crippen LogP contribution in [0.5, 0.6) is 0 Å². The third-order valence-electron chi connectivity index (χ3n) is 12.6. The number of fused-ring (bicyclic) bond motifs is 8. The van der Waals surface area contributed by atoms with Gasteiger partial charge in [-0.3, -0.25) is 4.90 Å². The van der Waals surface area contributed by atoms with E-state index in [9.17, 15) is 35.7 Å². The van der Waals surface area contributed by atoms with Gasteiger partial charge in [0.15, 0.2) is 0 Å². The van der Waals surface area contributed by atoms with E-state index >= 15 is 0 Å². The number of hydrogen-bond donors (Lipinski definition) is 7. The summed E-state index contributed by atoms with van der Waals surface area (Å²) in [6.07, 6.45) is 1.19. The minimum Gasteiger partial charge on any atom is -0.390 e. The van der Waals surface area contributed by atoms with Gasteiger partial charge in [-0.05, 0) is 81.0 Å². The first kappa shape index (κ1) is 25.0. The van der Waals surface area contributed by atoms with Crippen LogP contribution in [0.3, 0.4) is 0 Å². The van der Waals surface area contributed by atoms with Crippen molar-refractivity contribution in [3.05, 3.63) is 0 Å². The van der Waals surface area contributed by atoms with Crippen molar-refractivity contribution in [1.82, 2.24) is 4.90 Å². The highest BCUT2D eigenvalue weighted by Crippen LogP contribution is 2.70. The Bertz CT molecular complexity index is 886. The molecule has 0 aromatic rings. The molecule has 0 unspecified atom stereocenters. The summed E-state index contributed by atoms with van der Waals surface area (Å²) in [6, 6.07) is -0.315. The van der Waals surface area contributed by atoms with E-state index in [1.54, 1.807) is 6.92 Å². The molecule has 0 spiro atoms. The zero-order valence-electron chi connectivity index (χ0n) is 21.3. The van der Waals surface area contributed by atoms with Crippen LogP contribution < -0.4 is 0 Å². The quantitative estimate of drug-likeness (QED) is 0.249. The summed E-state index contributed by atoms with van der Waals surface area (Å²) in [5.41, 5.74) is -7.21. The van der Waals surface area contributed by atoms with Crippen molar-refractivity contribution in [1.29, 1.82) is 0 Å². The highest BCUT2D eigenvalue weighted by Gasteiger charge is 2.80. The molecule has 6 aliphatic rings. The van der Waals surface area contributed by atoms with Crippen molar-refractivity contribution in [2.24, 2.45) is 35.0 Å². The van der Waals surface area contributed by atoms with Crippen molar-refractivity contribution in [2.45, 2.75) is 119 Å². The third kappa shape index (κ3) is 2.81. The summed E-state index contributed by atoms with van der Waals surface area (Å²) in [7, 11) is 0. The van der Waals surface area contributed by atoms with Gasteiger partial charge in [0.25, 0.3) is 0 Å². The van der Waals surface area contributed by atoms with Crippen molar-refractivity contribution >= 4 is 0 Å². The van der Waals surface area contributed by atoms with Crippen molar-refractivity contribution in [2.75, 3.05) is 13.1 Å². The standard InChI is InChI=1S/C27H45NO7/c1-14-4-7-20-24(3,32)27(35)19(13-28(20)12-14)26(34)10-17-15(25(26,33)11-21(27)30)5-6-16-22(31)18(29)8-9-23(16,17)2/h14-22,29-35H,4-13H2,1-3H3/t14-,15+,16-,17-,18-,19-,20-,21-,22-,23-,24+,25+,26+,27-/m0/s1. The predicted molar refractivity (Wildman–Crippen MR) is 127 cm³/mol. The van der Waals surface area contributed by atoms with Gasteiger partial charge < -0.3 is 35.7 Å². The summed E-state index contributed by atoms with van der Waals surface area (Å²) >= 11 is 0. The molecule has 0 bridgehead atoms. The fourth-order valence-electron chi connectivity index (χ4n) is 10.6. The van der Waals surface area contributed by atoms with Crippen LogP contribution in [0.2, 0.25) is 0 Å². The average Bonchev–Trinajstić information content (AvgIpc) is 3.02. The summed E-state index contributed by atoms with van der Waals surface area (Å²) in [4.78, 5) is 2.16. The number of aliphatic hydroxyl groups is 7. The molecule has 2 heterocycles. The van der Waals surface area contributed by atoms with Crippen LogP contribution in [-0.4, -0.2) is 100 Å². The molecule has 200 valence electrons. The molecule has 2 saturated heterocycles. The van der Waals surface area contributed by atoms with Gasteiger partial charge in [0.05, 0.1) is 23.9 Å². The first-order valence-electron chi connectivity index (χ1n) is 13.9. The van der Waals surface area contributed by atoms with Crippen molar-refractivity contribution in [3.63, 3.8) is 0 Å². The molecule has 0 radical (unpaired) electrons. The first-order valence-corrected chi connectivity index (χ1v) is 13.9. The van der Waals surface area contributed by atoms with E-state index in [0.717, 1.165) is 13.0 Å². The Labute approximate surface area is 208 Å². The normalized spacial score (nSPS) is 64.5. The summed E-state index contributed by atoms with van der Waals surface area (Å²) in [5.74, 6) is -0.997. The Hall–Kier alpha value is -0.320. The second-order valence-corrected chi connectivity index (χ2v) is 13.9. The van der Waals surface area contributed by atoms with Gasteiger partial charge in [-0.15, -0.1) is 0 Å². The second-order valence-electron chi connectivity index (χ2n) is 13.9. The van der Waals surface area contributed by atoms with Crippen LogP contribution in [0, 0.1) is 35.0 Å². The van der Waals surface area contributed by atoms with Crippen LogP contribution in [0.1, 0.15) is 72.1 Å². The molecule has 35 heavy (non-hydrogen) atoms. The van der Waals surface area contributed by atoms with E-state index in [1.807, 2.05) is 0 Å². The molecule has 2 aliphatic heterocycles. The molecule has 6 rings (SSSR count). The summed E-state index contributed by atoms with van der Waals surface area (Å²) < 4.78 is 0. The highest BCUT2D eigenvalue weighted by molar-refractivity contribution is 5.31. The lowest BCUT2D eigenvalue weighted by atomic mass is 9.49. The van der Waals surface area contributed by atoms with E-state index in [4.69, 9.17) is 0 Å². The maximum Gasteiger partial charge on any atom is 0.127 e. The molecule has 6 fully saturated rings. The average molecular weight is 496 g/mol. The lowest BCUT2D eigenvalue weighted by Gasteiger charge is -2.68. The maximum absolute atomic E-state index is 12.5. The zero-order chi connectivity index (χ0) is 25.3. The van der Waals surface area contributed by atoms with E-state index in [0.29, 0.717) is 44.6 Å². The Balaban J connectivity index is 1.43. The molecule has 7 N–H and O–H groups in total. The molecule has 0 aromatic heterocycles. The Kier molecular flexibility index (Phi) is 5.29. The van der Waals surface area contributed by atoms with Crippen LogP contribution in [0.25, 0.3) is 0 Å². The van der Waals surface area contributed by atoms with Crippen LogP contribution in [-0.2, 0) is 0 Å². The van der Waals surface area contributed by atoms with Gasteiger partial charge in [-0.1, -0.05) is 13.8 Å². The van der Waals surface area contributed by atoms with Gasteiger partial charge in [0.1, 0.15) is 16.8 Å². The number of hydrogen-bond acceptors (Lipinski definition) is 8. The first-order chi connectivity index (χ1) is 16.2. The third-order valence-corrected chi connectivity index (χ3v) is 12.6. The monoisotopic (exact) mass is 495 g/mol. The Morgan fingerprint density at radius 2 is 1.43 bits per heavy atom. The van der Waals surface area contributed by atoms with E-state index < -0.39 is 46.6 Å². The Morgan fingerprint density at radius 3 is 2.14 bits per heavy atom. The summed E-state index contributed by atoms with van der Waals surface area (Å²) in [5, 5.41) is 81.5. The van der Waals surface area contributed by atoms with Crippen molar-refractivity contribution in [3.8, 4) is 0 Å². The van der Waals surface area contributed by atoms with Crippen LogP contribution in [0.4, 0.5) is 0 Å². The molecule has 8 heteroatoms. The predicted octanol–water partition coefficient (Wildman–Crippen LogP) is -0.00640. The molecule has 14 atom stereocenters. The highest BCUT2D eigenvalue weighted by atomic mass is 16.4. The molecular formula is C27H45NO7. The number of nitrogens with zero attached hydrogens (tertiary/aromatic N) is 1. The van der Waals surface area contributed by atoms with Crippen LogP contribution >= 0.6 is 0 Å². The Morgan fingerprint density at radius 1 is 0.743 bits per heavy atom. The zero-order valence-corrected chi connectivity index (χ0v) is 21.3. The van der Waals surface area contributed by atoms with Gasteiger partial charge in [0, 0.05) is 31.5 Å². The lowest BCUT2D eigenvalue weighted by Crippen LogP contribution is -2.85. The lowest BCUT2D eigenvalue weighted by molar-refractivity contribution is -0.354. The van der Waals surface area contributed by atoms with Crippen LogP contribution in [0.15, 0.2) is 0 Å². The van der Waals surface area contributed by atoms with E-state index in [1.165, 1.54) is 0 Å².